The van der Waals surface area contributed by atoms with Gasteiger partial charge in [0.1, 0.15) is 11.7 Å². The number of oxazole rings is 1. The lowest BCUT2D eigenvalue weighted by atomic mass is 10.0. The van der Waals surface area contributed by atoms with Crippen molar-refractivity contribution in [2.45, 2.75) is 26.3 Å². The summed E-state index contributed by atoms with van der Waals surface area (Å²) in [5.41, 5.74) is 7.40. The first kappa shape index (κ1) is 19.9. The van der Waals surface area contributed by atoms with E-state index >= 15 is 0 Å². The van der Waals surface area contributed by atoms with Crippen LogP contribution in [0.15, 0.2) is 52.9 Å². The summed E-state index contributed by atoms with van der Waals surface area (Å²) in [7, 11) is 0. The van der Waals surface area contributed by atoms with Crippen LogP contribution in [0, 0.1) is 13.8 Å². The van der Waals surface area contributed by atoms with E-state index in [1.165, 1.54) is 0 Å². The van der Waals surface area contributed by atoms with Crippen molar-refractivity contribution in [3.05, 3.63) is 71.4 Å². The molecule has 148 valence electrons. The van der Waals surface area contributed by atoms with Crippen molar-refractivity contribution in [3.63, 3.8) is 0 Å². The lowest BCUT2D eigenvalue weighted by Crippen LogP contribution is -2.47. The summed E-state index contributed by atoms with van der Waals surface area (Å²) in [6.07, 6.45) is 0.111. The molecule has 0 radical (unpaired) electrons. The summed E-state index contributed by atoms with van der Waals surface area (Å²) < 4.78 is 5.47. The van der Waals surface area contributed by atoms with Crippen molar-refractivity contribution in [3.8, 4) is 11.4 Å². The predicted octanol–water partition coefficient (Wildman–Crippen LogP) is 1.75. The van der Waals surface area contributed by atoms with Crippen LogP contribution < -0.4 is 11.1 Å². The van der Waals surface area contributed by atoms with Gasteiger partial charge in [-0.25, -0.2) is 4.98 Å². The summed E-state index contributed by atoms with van der Waals surface area (Å²) >= 11 is 0. The summed E-state index contributed by atoms with van der Waals surface area (Å²) in [5, 5.41) is 2.55. The van der Waals surface area contributed by atoms with Gasteiger partial charge in [0, 0.05) is 19.0 Å². The van der Waals surface area contributed by atoms with Crippen LogP contribution in [0.5, 0.6) is 0 Å². The molecule has 29 heavy (non-hydrogen) atoms. The predicted molar refractivity (Wildman–Crippen MR) is 105 cm³/mol. The number of rotatable bonds is 7. The fraction of sp³-hybridized carbons (Fsp3) is 0.190. The topological polar surface area (TPSA) is 128 Å². The van der Waals surface area contributed by atoms with Crippen molar-refractivity contribution in [1.82, 2.24) is 15.3 Å². The van der Waals surface area contributed by atoms with Crippen LogP contribution in [0.1, 0.15) is 27.7 Å². The number of Topliss-reactive ketones (excluding diaryl/α,β-unsaturated/α-hetero) is 1. The molecule has 8 heteroatoms. The van der Waals surface area contributed by atoms with Crippen LogP contribution in [0.2, 0.25) is 0 Å². The monoisotopic (exact) mass is 392 g/mol. The second-order valence-corrected chi connectivity index (χ2v) is 6.52. The van der Waals surface area contributed by atoms with Gasteiger partial charge in [0.2, 0.25) is 11.5 Å². The number of aryl methyl sites for hydroxylation is 2. The quantitative estimate of drug-likeness (QED) is 0.590. The first-order valence-electron chi connectivity index (χ1n) is 8.95. The maximum absolute atomic E-state index is 12.9. The number of amides is 2. The van der Waals surface area contributed by atoms with Crippen LogP contribution in [-0.4, -0.2) is 33.6 Å². The molecule has 0 aliphatic carbocycles. The van der Waals surface area contributed by atoms with Crippen LogP contribution in [0.25, 0.3) is 11.4 Å². The Kier molecular flexibility index (Phi) is 5.82. The van der Waals surface area contributed by atoms with E-state index in [2.05, 4.69) is 15.3 Å². The third-order valence-corrected chi connectivity index (χ3v) is 4.22. The number of ketones is 1. The summed E-state index contributed by atoms with van der Waals surface area (Å²) in [6.45, 7) is 3.42. The van der Waals surface area contributed by atoms with E-state index in [-0.39, 0.29) is 23.8 Å². The van der Waals surface area contributed by atoms with E-state index in [1.54, 1.807) is 43.3 Å². The number of carbonyl (C=O) groups excluding carboxylic acids is 3. The smallest absolute Gasteiger partial charge is 0.290 e. The van der Waals surface area contributed by atoms with Crippen LogP contribution in [-0.2, 0) is 16.0 Å². The fourth-order valence-electron chi connectivity index (χ4n) is 2.88. The average Bonchev–Trinajstić information content (AvgIpc) is 3.09. The molecular formula is C21H20N4O4. The molecule has 1 atom stereocenters. The molecule has 1 unspecified atom stereocenters. The number of benzene rings is 1. The minimum atomic E-state index is -1.13. The molecule has 0 aliphatic rings. The zero-order chi connectivity index (χ0) is 21.0. The fourth-order valence-corrected chi connectivity index (χ4v) is 2.88. The molecule has 2 aromatic heterocycles. The van der Waals surface area contributed by atoms with Crippen molar-refractivity contribution in [2.75, 3.05) is 0 Å². The largest absolute Gasteiger partial charge is 0.435 e. The normalized spacial score (nSPS) is 11.7. The highest BCUT2D eigenvalue weighted by molar-refractivity contribution is 6.38. The van der Waals surface area contributed by atoms with E-state index in [4.69, 9.17) is 10.2 Å². The summed E-state index contributed by atoms with van der Waals surface area (Å²) in [5.74, 6) is -2.51. The van der Waals surface area contributed by atoms with Crippen molar-refractivity contribution < 1.29 is 18.8 Å². The van der Waals surface area contributed by atoms with E-state index in [0.29, 0.717) is 5.69 Å². The minimum Gasteiger partial charge on any atom is -0.435 e. The standard InChI is InChI=1S/C21H20N4O4/c1-12-7-6-10-15(23-12)17-19(29-13(2)24-17)21(28)25-16(18(26)20(22)27)11-14-8-4-3-5-9-14/h3-10,16H,11H2,1-2H3,(H2,22,27)(H,25,28). The average molecular weight is 392 g/mol. The molecule has 3 aromatic rings. The lowest BCUT2D eigenvalue weighted by Gasteiger charge is -2.16. The number of aromatic nitrogens is 2. The molecule has 1 aromatic carbocycles. The molecule has 0 spiro atoms. The zero-order valence-electron chi connectivity index (χ0n) is 16.0. The molecule has 2 amide bonds. The number of nitrogens with two attached hydrogens (primary N) is 1. The Morgan fingerprint density at radius 3 is 2.41 bits per heavy atom. The molecule has 3 rings (SSSR count). The van der Waals surface area contributed by atoms with E-state index in [0.717, 1.165) is 11.3 Å². The first-order chi connectivity index (χ1) is 13.8. The first-order valence-corrected chi connectivity index (χ1v) is 8.95. The van der Waals surface area contributed by atoms with Gasteiger partial charge < -0.3 is 15.5 Å². The van der Waals surface area contributed by atoms with Gasteiger partial charge in [-0.1, -0.05) is 36.4 Å². The van der Waals surface area contributed by atoms with Crippen LogP contribution in [0.4, 0.5) is 0 Å². The van der Waals surface area contributed by atoms with Gasteiger partial charge in [0.05, 0.1) is 5.69 Å². The van der Waals surface area contributed by atoms with Crippen molar-refractivity contribution >= 4 is 17.6 Å². The molecule has 3 N–H and O–H groups in total. The van der Waals surface area contributed by atoms with Crippen LogP contribution >= 0.6 is 0 Å². The third kappa shape index (κ3) is 4.73. The van der Waals surface area contributed by atoms with Gasteiger partial charge >= 0.3 is 0 Å². The number of carbonyl (C=O) groups is 3. The van der Waals surface area contributed by atoms with Gasteiger partial charge in [-0.15, -0.1) is 0 Å². The number of nitrogens with one attached hydrogen (secondary N) is 1. The van der Waals surface area contributed by atoms with E-state index in [1.807, 2.05) is 19.1 Å². The molecule has 2 heterocycles. The Morgan fingerprint density at radius 1 is 1.03 bits per heavy atom. The van der Waals surface area contributed by atoms with E-state index < -0.39 is 23.6 Å². The number of hydrogen-bond donors (Lipinski definition) is 2. The molecule has 0 aliphatic heterocycles. The molecule has 0 saturated heterocycles. The summed E-state index contributed by atoms with van der Waals surface area (Å²) in [4.78, 5) is 45.2. The van der Waals surface area contributed by atoms with E-state index in [9.17, 15) is 14.4 Å². The van der Waals surface area contributed by atoms with Gasteiger partial charge in [0.15, 0.2) is 5.89 Å². The van der Waals surface area contributed by atoms with Crippen molar-refractivity contribution in [2.24, 2.45) is 5.73 Å². The molecule has 0 saturated carbocycles. The minimum absolute atomic E-state index is 0.0871. The van der Waals surface area contributed by atoms with Gasteiger partial charge in [-0.2, -0.15) is 0 Å². The number of nitrogens with zero attached hydrogens (tertiary/aromatic N) is 2. The Labute approximate surface area is 167 Å². The Morgan fingerprint density at radius 2 is 1.76 bits per heavy atom. The Balaban J connectivity index is 1.90. The number of hydrogen-bond acceptors (Lipinski definition) is 6. The SMILES string of the molecule is Cc1cccc(-c2nc(C)oc2C(=O)NC(Cc2ccccc2)C(=O)C(N)=O)n1. The highest BCUT2D eigenvalue weighted by Crippen LogP contribution is 2.22. The third-order valence-electron chi connectivity index (χ3n) is 4.22. The van der Waals surface area contributed by atoms with Gasteiger partial charge in [0.25, 0.3) is 11.8 Å². The highest BCUT2D eigenvalue weighted by Gasteiger charge is 2.29. The van der Waals surface area contributed by atoms with Gasteiger partial charge in [-0.05, 0) is 24.6 Å². The maximum Gasteiger partial charge on any atom is 0.290 e. The highest BCUT2D eigenvalue weighted by atomic mass is 16.4. The second kappa shape index (κ2) is 8.47. The molecule has 0 bridgehead atoms. The number of primary amides is 1. The zero-order valence-corrected chi connectivity index (χ0v) is 16.0. The second-order valence-electron chi connectivity index (χ2n) is 6.52. The molecular weight excluding hydrogens is 372 g/mol. The Bertz CT molecular complexity index is 1060. The Hall–Kier alpha value is -3.81. The van der Waals surface area contributed by atoms with Crippen molar-refractivity contribution in [1.29, 1.82) is 0 Å². The molecule has 0 fully saturated rings. The van der Waals surface area contributed by atoms with Gasteiger partial charge in [-0.3, -0.25) is 19.4 Å². The molecule has 8 nitrogen and oxygen atoms in total. The number of pyridine rings is 1. The lowest BCUT2D eigenvalue weighted by molar-refractivity contribution is -0.137. The van der Waals surface area contributed by atoms with Crippen LogP contribution in [0.3, 0.4) is 0 Å². The summed E-state index contributed by atoms with van der Waals surface area (Å²) in [6, 6.07) is 13.2. The maximum atomic E-state index is 12.9.